The number of hydrogen-bond donors (Lipinski definition) is 2. The molecule has 1 aliphatic heterocycles. The maximum absolute atomic E-state index is 12.6. The van der Waals surface area contributed by atoms with Gasteiger partial charge in [-0.2, -0.15) is 5.26 Å². The summed E-state index contributed by atoms with van der Waals surface area (Å²) in [5.41, 5.74) is 2.46. The van der Waals surface area contributed by atoms with Gasteiger partial charge in [-0.25, -0.2) is 4.79 Å². The van der Waals surface area contributed by atoms with Gasteiger partial charge >= 0.3 is 12.0 Å². The predicted molar refractivity (Wildman–Crippen MR) is 134 cm³/mol. The van der Waals surface area contributed by atoms with Crippen molar-refractivity contribution in [2.24, 2.45) is 11.8 Å². The summed E-state index contributed by atoms with van der Waals surface area (Å²) < 4.78 is 5.72. The number of nitrogens with one attached hydrogen (secondary N) is 1. The molecule has 1 aromatic carbocycles. The quantitative estimate of drug-likeness (QED) is 0.608. The van der Waals surface area contributed by atoms with Gasteiger partial charge in [0, 0.05) is 24.6 Å². The number of urea groups is 1. The first kappa shape index (κ1) is 24.0. The maximum atomic E-state index is 12.6. The van der Waals surface area contributed by atoms with Crippen LogP contribution in [0.3, 0.4) is 0 Å². The van der Waals surface area contributed by atoms with Crippen molar-refractivity contribution in [2.75, 3.05) is 13.1 Å². The molecular formula is C26H27N5O4S. The van der Waals surface area contributed by atoms with E-state index in [1.165, 1.54) is 16.9 Å². The van der Waals surface area contributed by atoms with Crippen LogP contribution in [0.25, 0.3) is 10.6 Å². The van der Waals surface area contributed by atoms with Crippen molar-refractivity contribution in [1.82, 2.24) is 20.4 Å². The number of likely N-dealkylation sites (tertiary alicyclic amines) is 1. The fraction of sp³-hybridized carbons (Fsp3) is 0.423. The van der Waals surface area contributed by atoms with Crippen LogP contribution in [0.5, 0.6) is 5.75 Å². The second-order valence-corrected chi connectivity index (χ2v) is 10.6. The molecule has 0 radical (unpaired) electrons. The SMILES string of the molecule is CC(C)Oc1ccc(-c2nnc(C3C=CC=C4C3CC[C@@H]4NC(=O)N3CC(C(=O)O)C3)s2)cc1C#N. The Labute approximate surface area is 213 Å². The molecule has 2 fully saturated rings. The highest BCUT2D eigenvalue weighted by Crippen LogP contribution is 2.46. The molecule has 1 saturated carbocycles. The number of benzene rings is 1. The minimum absolute atomic E-state index is 0.0241. The Morgan fingerprint density at radius 1 is 1.28 bits per heavy atom. The first-order valence-electron chi connectivity index (χ1n) is 12.0. The summed E-state index contributed by atoms with van der Waals surface area (Å²) in [5, 5.41) is 32.2. The van der Waals surface area contributed by atoms with Gasteiger partial charge in [-0.15, -0.1) is 10.2 Å². The summed E-state index contributed by atoms with van der Waals surface area (Å²) in [4.78, 5) is 25.2. The molecular weight excluding hydrogens is 478 g/mol. The standard InChI is InChI=1S/C26H27N5O4S/c1-14(2)35-22-9-6-15(10-16(22)11-27)23-29-30-24(36-23)20-5-3-4-19-18(20)7-8-21(19)28-26(34)31-12-17(13-31)25(32)33/h3-6,9-10,14,17-18,20-21H,7-8,12-13H2,1-2H3,(H,28,34)(H,32,33)/t18?,20?,21-/m0/s1. The predicted octanol–water partition coefficient (Wildman–Crippen LogP) is 3.95. The van der Waals surface area contributed by atoms with E-state index >= 15 is 0 Å². The van der Waals surface area contributed by atoms with E-state index in [2.05, 4.69) is 33.7 Å². The minimum atomic E-state index is -0.858. The van der Waals surface area contributed by atoms with Gasteiger partial charge in [0.1, 0.15) is 21.8 Å². The second kappa shape index (κ2) is 9.74. The van der Waals surface area contributed by atoms with E-state index in [1.807, 2.05) is 26.0 Å². The Kier molecular flexibility index (Phi) is 6.49. The normalized spacial score (nSPS) is 23.0. The van der Waals surface area contributed by atoms with Crippen molar-refractivity contribution in [3.8, 4) is 22.4 Å². The van der Waals surface area contributed by atoms with E-state index in [9.17, 15) is 14.9 Å². The molecule has 2 N–H and O–H groups in total. The number of fused-ring (bicyclic) bond motifs is 1. The van der Waals surface area contributed by atoms with Crippen molar-refractivity contribution in [1.29, 1.82) is 5.26 Å². The van der Waals surface area contributed by atoms with Crippen LogP contribution in [0.1, 0.15) is 43.2 Å². The number of carbonyl (C=O) groups is 2. The molecule has 10 heteroatoms. The van der Waals surface area contributed by atoms with Crippen molar-refractivity contribution in [3.63, 3.8) is 0 Å². The van der Waals surface area contributed by atoms with E-state index in [1.54, 1.807) is 17.0 Å². The van der Waals surface area contributed by atoms with Crippen molar-refractivity contribution >= 4 is 23.3 Å². The van der Waals surface area contributed by atoms with Crippen LogP contribution in [0.15, 0.2) is 42.0 Å². The largest absolute Gasteiger partial charge is 0.490 e. The number of carboxylic acids is 1. The van der Waals surface area contributed by atoms with E-state index in [0.29, 0.717) is 11.3 Å². The van der Waals surface area contributed by atoms with Crippen LogP contribution in [-0.2, 0) is 4.79 Å². The second-order valence-electron chi connectivity index (χ2n) is 9.64. The van der Waals surface area contributed by atoms with Gasteiger partial charge in [0.2, 0.25) is 0 Å². The first-order valence-corrected chi connectivity index (χ1v) is 12.9. The summed E-state index contributed by atoms with van der Waals surface area (Å²) in [5.74, 6) is -0.480. The number of amides is 2. The van der Waals surface area contributed by atoms with Crippen LogP contribution in [-0.4, -0.2) is 57.4 Å². The topological polar surface area (TPSA) is 128 Å². The Bertz CT molecular complexity index is 1290. The van der Waals surface area contributed by atoms with Crippen LogP contribution in [0.4, 0.5) is 4.79 Å². The number of hydrogen-bond acceptors (Lipinski definition) is 7. The van der Waals surface area contributed by atoms with Gasteiger partial charge in [0.05, 0.1) is 23.6 Å². The lowest BCUT2D eigenvalue weighted by Crippen LogP contribution is -2.57. The molecule has 3 aliphatic rings. The zero-order valence-corrected chi connectivity index (χ0v) is 20.9. The molecule has 2 aliphatic carbocycles. The zero-order valence-electron chi connectivity index (χ0n) is 20.0. The fourth-order valence-corrected chi connectivity index (χ4v) is 6.01. The van der Waals surface area contributed by atoms with Crippen LogP contribution < -0.4 is 10.1 Å². The first-order chi connectivity index (χ1) is 17.3. The third-order valence-electron chi connectivity index (χ3n) is 6.89. The monoisotopic (exact) mass is 505 g/mol. The van der Waals surface area contributed by atoms with Crippen molar-refractivity contribution in [2.45, 2.75) is 44.8 Å². The smallest absolute Gasteiger partial charge is 0.317 e. The summed E-state index contributed by atoms with van der Waals surface area (Å²) in [6.07, 6.45) is 7.94. The molecule has 5 rings (SSSR count). The summed E-state index contributed by atoms with van der Waals surface area (Å²) >= 11 is 1.51. The van der Waals surface area contributed by atoms with Gasteiger partial charge in [-0.05, 0) is 56.4 Å². The van der Waals surface area contributed by atoms with E-state index in [-0.39, 0.29) is 43.1 Å². The van der Waals surface area contributed by atoms with Gasteiger partial charge in [-0.3, -0.25) is 4.79 Å². The summed E-state index contributed by atoms with van der Waals surface area (Å²) in [7, 11) is 0. The van der Waals surface area contributed by atoms with E-state index in [4.69, 9.17) is 9.84 Å². The van der Waals surface area contributed by atoms with Gasteiger partial charge in [0.15, 0.2) is 0 Å². The number of rotatable bonds is 6. The number of allylic oxidation sites excluding steroid dienone is 3. The Balaban J connectivity index is 1.27. The number of ether oxygens (including phenoxy) is 1. The molecule has 2 unspecified atom stereocenters. The molecule has 36 heavy (non-hydrogen) atoms. The Morgan fingerprint density at radius 2 is 2.08 bits per heavy atom. The van der Waals surface area contributed by atoms with Gasteiger partial charge in [0.25, 0.3) is 0 Å². The highest BCUT2D eigenvalue weighted by Gasteiger charge is 2.41. The molecule has 186 valence electrons. The number of carboxylic acid groups (broad SMARTS) is 1. The lowest BCUT2D eigenvalue weighted by atomic mass is 9.84. The highest BCUT2D eigenvalue weighted by molar-refractivity contribution is 7.14. The van der Waals surface area contributed by atoms with Gasteiger partial charge in [-0.1, -0.05) is 29.6 Å². The molecule has 1 aromatic heterocycles. The third-order valence-corrected chi connectivity index (χ3v) is 7.96. The maximum Gasteiger partial charge on any atom is 0.317 e. The van der Waals surface area contributed by atoms with Crippen LogP contribution >= 0.6 is 11.3 Å². The minimum Gasteiger partial charge on any atom is -0.490 e. The van der Waals surface area contributed by atoms with E-state index in [0.717, 1.165) is 28.4 Å². The average Bonchev–Trinajstić information content (AvgIpc) is 3.45. The summed E-state index contributed by atoms with van der Waals surface area (Å²) in [6.45, 7) is 4.35. The third kappa shape index (κ3) is 4.58. The Hall–Kier alpha value is -3.71. The number of aliphatic carboxylic acids is 1. The van der Waals surface area contributed by atoms with E-state index < -0.39 is 11.9 Å². The lowest BCUT2D eigenvalue weighted by Gasteiger charge is -2.37. The van der Waals surface area contributed by atoms with Gasteiger partial charge < -0.3 is 20.1 Å². The molecule has 3 atom stereocenters. The van der Waals surface area contributed by atoms with Crippen molar-refractivity contribution < 1.29 is 19.4 Å². The van der Waals surface area contributed by atoms with Crippen molar-refractivity contribution in [3.05, 3.63) is 52.6 Å². The Morgan fingerprint density at radius 3 is 2.81 bits per heavy atom. The summed E-state index contributed by atoms with van der Waals surface area (Å²) in [6, 6.07) is 7.41. The fourth-order valence-electron chi connectivity index (χ4n) is 5.03. The molecule has 1 saturated heterocycles. The molecule has 2 aromatic rings. The molecule has 0 bridgehead atoms. The number of nitrogens with zero attached hydrogens (tertiary/aromatic N) is 4. The average molecular weight is 506 g/mol. The molecule has 2 amide bonds. The molecule has 0 spiro atoms. The number of carbonyl (C=O) groups excluding carboxylic acids is 1. The number of aromatic nitrogens is 2. The van der Waals surface area contributed by atoms with Crippen LogP contribution in [0, 0.1) is 23.2 Å². The zero-order chi connectivity index (χ0) is 25.4. The highest BCUT2D eigenvalue weighted by atomic mass is 32.1. The molecule has 9 nitrogen and oxygen atoms in total. The number of nitriles is 1. The molecule has 2 heterocycles. The van der Waals surface area contributed by atoms with Crippen LogP contribution in [0.2, 0.25) is 0 Å². The lowest BCUT2D eigenvalue weighted by molar-refractivity contribution is -0.146.